The number of primary sulfonamides is 1. The normalized spacial score (nSPS) is 10.9. The summed E-state index contributed by atoms with van der Waals surface area (Å²) in [7, 11) is -3.71. The Balaban J connectivity index is 2.10. The summed E-state index contributed by atoms with van der Waals surface area (Å²) in [6, 6.07) is 11.3. The molecule has 0 spiro atoms. The van der Waals surface area contributed by atoms with Crippen molar-refractivity contribution < 1.29 is 12.8 Å². The van der Waals surface area contributed by atoms with Gasteiger partial charge in [0.25, 0.3) is 0 Å². The lowest BCUT2D eigenvalue weighted by atomic mass is 10.3. The number of furan rings is 1. The molecule has 6 nitrogen and oxygen atoms in total. The second-order valence-corrected chi connectivity index (χ2v) is 5.37. The van der Waals surface area contributed by atoms with E-state index in [9.17, 15) is 8.42 Å². The zero-order valence-corrected chi connectivity index (χ0v) is 10.6. The van der Waals surface area contributed by atoms with E-state index >= 15 is 0 Å². The molecular formula is C12H11N3O3S. The number of hydrogen-bond donors (Lipinski definition) is 2. The zero-order valence-electron chi connectivity index (χ0n) is 9.83. The number of sulfonamides is 1. The van der Waals surface area contributed by atoms with Gasteiger partial charge in [-0.3, -0.25) is 0 Å². The summed E-state index contributed by atoms with van der Waals surface area (Å²) in [4.78, 5) is 0.0367. The minimum atomic E-state index is -3.71. The zero-order chi connectivity index (χ0) is 13.9. The van der Waals surface area contributed by atoms with Crippen molar-refractivity contribution in [2.24, 2.45) is 5.14 Å². The molecule has 0 saturated heterocycles. The summed E-state index contributed by atoms with van der Waals surface area (Å²) in [6.07, 6.45) is 0. The lowest BCUT2D eigenvalue weighted by Crippen LogP contribution is -2.12. The molecule has 0 fully saturated rings. The van der Waals surface area contributed by atoms with Crippen LogP contribution in [-0.4, -0.2) is 8.42 Å². The molecule has 1 aromatic carbocycles. The number of nitrogens with one attached hydrogen (secondary N) is 1. The van der Waals surface area contributed by atoms with Gasteiger partial charge in [0.05, 0.1) is 11.4 Å². The van der Waals surface area contributed by atoms with Gasteiger partial charge in [-0.15, -0.1) is 0 Å². The molecule has 0 bridgehead atoms. The third kappa shape index (κ3) is 3.34. The Morgan fingerprint density at radius 1 is 1.32 bits per heavy atom. The third-order valence-electron chi connectivity index (χ3n) is 2.40. The van der Waals surface area contributed by atoms with Gasteiger partial charge in [-0.05, 0) is 30.3 Å². The Morgan fingerprint density at radius 2 is 2.11 bits per heavy atom. The molecule has 1 heterocycles. The highest BCUT2D eigenvalue weighted by Gasteiger charge is 2.08. The summed E-state index contributed by atoms with van der Waals surface area (Å²) in [5, 5.41) is 16.6. The number of nitrogens with zero attached hydrogens (tertiary/aromatic N) is 1. The van der Waals surface area contributed by atoms with Crippen LogP contribution in [-0.2, 0) is 16.6 Å². The minimum Gasteiger partial charge on any atom is -0.449 e. The van der Waals surface area contributed by atoms with E-state index < -0.39 is 10.0 Å². The van der Waals surface area contributed by atoms with Crippen molar-refractivity contribution in [3.63, 3.8) is 0 Å². The van der Waals surface area contributed by atoms with E-state index in [1.165, 1.54) is 12.1 Å². The van der Waals surface area contributed by atoms with Gasteiger partial charge in [0.1, 0.15) is 11.8 Å². The molecule has 7 heteroatoms. The number of anilines is 1. The third-order valence-corrected chi connectivity index (χ3v) is 3.31. The molecule has 0 aliphatic heterocycles. The molecule has 98 valence electrons. The summed E-state index contributed by atoms with van der Waals surface area (Å²) in [6.45, 7) is 0.343. The van der Waals surface area contributed by atoms with E-state index in [0.717, 1.165) is 0 Å². The summed E-state index contributed by atoms with van der Waals surface area (Å²) >= 11 is 0. The van der Waals surface area contributed by atoms with Gasteiger partial charge in [0.2, 0.25) is 15.8 Å². The monoisotopic (exact) mass is 277 g/mol. The first-order valence-electron chi connectivity index (χ1n) is 5.34. The van der Waals surface area contributed by atoms with Crippen molar-refractivity contribution in [2.45, 2.75) is 11.4 Å². The smallest absolute Gasteiger partial charge is 0.238 e. The van der Waals surface area contributed by atoms with E-state index in [1.54, 1.807) is 24.3 Å². The molecule has 0 atom stereocenters. The Bertz CT molecular complexity index is 729. The minimum absolute atomic E-state index is 0.0367. The van der Waals surface area contributed by atoms with Gasteiger partial charge < -0.3 is 9.73 Å². The number of rotatable bonds is 4. The molecule has 0 radical (unpaired) electrons. The van der Waals surface area contributed by atoms with Crippen molar-refractivity contribution in [1.82, 2.24) is 0 Å². The van der Waals surface area contributed by atoms with Crippen LogP contribution in [0.4, 0.5) is 5.69 Å². The molecule has 19 heavy (non-hydrogen) atoms. The lowest BCUT2D eigenvalue weighted by Gasteiger charge is -2.05. The van der Waals surface area contributed by atoms with Crippen LogP contribution < -0.4 is 10.5 Å². The fourth-order valence-electron chi connectivity index (χ4n) is 1.51. The topological polar surface area (TPSA) is 109 Å². The van der Waals surface area contributed by atoms with Crippen molar-refractivity contribution >= 4 is 15.7 Å². The number of nitrogens with two attached hydrogens (primary N) is 1. The first-order valence-corrected chi connectivity index (χ1v) is 6.89. The Labute approximate surface area is 110 Å². The molecule has 3 N–H and O–H groups in total. The van der Waals surface area contributed by atoms with Gasteiger partial charge >= 0.3 is 0 Å². The van der Waals surface area contributed by atoms with Gasteiger partial charge in [-0.2, -0.15) is 5.26 Å². The maximum Gasteiger partial charge on any atom is 0.238 e. The van der Waals surface area contributed by atoms with Crippen LogP contribution >= 0.6 is 0 Å². The van der Waals surface area contributed by atoms with Crippen molar-refractivity contribution in [3.05, 3.63) is 47.9 Å². The van der Waals surface area contributed by atoms with Crippen LogP contribution in [0.3, 0.4) is 0 Å². The highest BCUT2D eigenvalue weighted by Crippen LogP contribution is 2.15. The van der Waals surface area contributed by atoms with Crippen molar-refractivity contribution in [2.75, 3.05) is 5.32 Å². The number of benzene rings is 1. The predicted octanol–water partition coefficient (Wildman–Crippen LogP) is 1.41. The molecular weight excluding hydrogens is 266 g/mol. The summed E-state index contributed by atoms with van der Waals surface area (Å²) in [5.74, 6) is 0.813. The lowest BCUT2D eigenvalue weighted by molar-refractivity contribution is 0.506. The van der Waals surface area contributed by atoms with Crippen LogP contribution in [0.25, 0.3) is 0 Å². The quantitative estimate of drug-likeness (QED) is 0.878. The average molecular weight is 277 g/mol. The molecule has 0 aliphatic carbocycles. The molecule has 2 rings (SSSR count). The van der Waals surface area contributed by atoms with Crippen LogP contribution in [0.5, 0.6) is 0 Å². The largest absolute Gasteiger partial charge is 0.449 e. The maximum atomic E-state index is 11.2. The van der Waals surface area contributed by atoms with E-state index in [-0.39, 0.29) is 10.7 Å². The van der Waals surface area contributed by atoms with Crippen LogP contribution in [0.1, 0.15) is 11.5 Å². The van der Waals surface area contributed by atoms with Gasteiger partial charge in [0, 0.05) is 5.69 Å². The van der Waals surface area contributed by atoms with E-state index in [2.05, 4.69) is 5.32 Å². The number of nitriles is 1. The Kier molecular flexibility index (Phi) is 3.55. The highest BCUT2D eigenvalue weighted by atomic mass is 32.2. The predicted molar refractivity (Wildman–Crippen MR) is 68.6 cm³/mol. The molecule has 0 amide bonds. The highest BCUT2D eigenvalue weighted by molar-refractivity contribution is 7.89. The molecule has 1 aromatic heterocycles. The second kappa shape index (κ2) is 5.14. The van der Waals surface area contributed by atoms with E-state index in [1.807, 2.05) is 6.07 Å². The van der Waals surface area contributed by atoms with E-state index in [4.69, 9.17) is 14.8 Å². The maximum absolute atomic E-state index is 11.2. The molecule has 0 aliphatic rings. The number of hydrogen-bond acceptors (Lipinski definition) is 5. The average Bonchev–Trinajstić information content (AvgIpc) is 2.84. The fourth-order valence-corrected chi connectivity index (χ4v) is 2.06. The summed E-state index contributed by atoms with van der Waals surface area (Å²) < 4.78 is 27.6. The van der Waals surface area contributed by atoms with Crippen LogP contribution in [0.2, 0.25) is 0 Å². The summed E-state index contributed by atoms with van der Waals surface area (Å²) in [5.41, 5.74) is 0.599. The van der Waals surface area contributed by atoms with E-state index in [0.29, 0.717) is 18.0 Å². The van der Waals surface area contributed by atoms with Crippen molar-refractivity contribution in [1.29, 1.82) is 5.26 Å². The fraction of sp³-hybridized carbons (Fsp3) is 0.0833. The van der Waals surface area contributed by atoms with Gasteiger partial charge in [-0.1, -0.05) is 6.07 Å². The molecule has 2 aromatic rings. The first-order chi connectivity index (χ1) is 8.99. The van der Waals surface area contributed by atoms with Gasteiger partial charge in [0.15, 0.2) is 0 Å². The standard InChI is InChI=1S/C12H11N3O3S/c13-7-10-4-5-11(18-10)8-15-9-2-1-3-12(6-9)19(14,16)17/h1-6,15H,8H2,(H2,14,16,17). The van der Waals surface area contributed by atoms with Crippen LogP contribution in [0, 0.1) is 11.3 Å². The molecule has 0 saturated carbocycles. The second-order valence-electron chi connectivity index (χ2n) is 3.80. The van der Waals surface area contributed by atoms with Crippen molar-refractivity contribution in [3.8, 4) is 6.07 Å². The Morgan fingerprint density at radius 3 is 2.74 bits per heavy atom. The van der Waals surface area contributed by atoms with Crippen LogP contribution in [0.15, 0.2) is 45.7 Å². The first kappa shape index (κ1) is 13.1. The van der Waals surface area contributed by atoms with Gasteiger partial charge in [-0.25, -0.2) is 13.6 Å². The SMILES string of the molecule is N#Cc1ccc(CNc2cccc(S(N)(=O)=O)c2)o1. The Hall–Kier alpha value is -2.30. The molecule has 0 unspecified atom stereocenters.